The van der Waals surface area contributed by atoms with Gasteiger partial charge >= 0.3 is 5.97 Å². The first-order chi connectivity index (χ1) is 6.81. The molecule has 0 aromatic rings. The van der Waals surface area contributed by atoms with Crippen molar-refractivity contribution in [2.24, 2.45) is 11.1 Å². The quantitative estimate of drug-likeness (QED) is 0.656. The Bertz CT molecular complexity index is 341. The number of nitrogens with two attached hydrogens (primary N) is 1. The van der Waals surface area contributed by atoms with E-state index in [0.717, 1.165) is 0 Å². The molecule has 0 aliphatic carbocycles. The van der Waals surface area contributed by atoms with Gasteiger partial charge in [-0.2, -0.15) is 0 Å². The Labute approximate surface area is 89.1 Å². The van der Waals surface area contributed by atoms with Crippen molar-refractivity contribution in [2.45, 2.75) is 19.4 Å². The Morgan fingerprint density at radius 3 is 2.60 bits per heavy atom. The molecular formula is C8H16N2O4S. The van der Waals surface area contributed by atoms with Gasteiger partial charge in [0.1, 0.15) is 0 Å². The van der Waals surface area contributed by atoms with Gasteiger partial charge in [-0.3, -0.25) is 9.69 Å². The maximum Gasteiger partial charge on any atom is 0.308 e. The average molecular weight is 236 g/mol. The second-order valence-corrected chi connectivity index (χ2v) is 5.61. The van der Waals surface area contributed by atoms with Crippen molar-refractivity contribution in [2.75, 3.05) is 18.8 Å². The van der Waals surface area contributed by atoms with Crippen LogP contribution in [0.1, 0.15) is 13.3 Å². The van der Waals surface area contributed by atoms with Crippen molar-refractivity contribution >= 4 is 16.0 Å². The van der Waals surface area contributed by atoms with Gasteiger partial charge in [0.2, 0.25) is 10.0 Å². The third-order valence-electron chi connectivity index (χ3n) is 2.87. The molecule has 1 aliphatic heterocycles. The van der Waals surface area contributed by atoms with E-state index < -0.39 is 21.9 Å². The molecule has 0 bridgehead atoms. The van der Waals surface area contributed by atoms with Gasteiger partial charge in [0.15, 0.2) is 0 Å². The molecule has 1 rings (SSSR count). The predicted octanol–water partition coefficient (Wildman–Crippen LogP) is -0.930. The SMILES string of the molecule is CC1C(C(=O)O)CCN1CCS(N)(=O)=O. The third kappa shape index (κ3) is 3.44. The smallest absolute Gasteiger partial charge is 0.308 e. The van der Waals surface area contributed by atoms with Crippen LogP contribution < -0.4 is 5.14 Å². The Morgan fingerprint density at radius 2 is 2.20 bits per heavy atom. The zero-order valence-electron chi connectivity index (χ0n) is 8.59. The van der Waals surface area contributed by atoms with Crippen LogP contribution in [0.5, 0.6) is 0 Å². The van der Waals surface area contributed by atoms with E-state index >= 15 is 0 Å². The molecule has 15 heavy (non-hydrogen) atoms. The van der Waals surface area contributed by atoms with E-state index in [1.165, 1.54) is 0 Å². The molecule has 0 spiro atoms. The molecule has 1 heterocycles. The first kappa shape index (κ1) is 12.4. The molecular weight excluding hydrogens is 220 g/mol. The molecule has 1 saturated heterocycles. The van der Waals surface area contributed by atoms with Crippen LogP contribution in [-0.2, 0) is 14.8 Å². The molecule has 3 N–H and O–H groups in total. The number of likely N-dealkylation sites (tertiary alicyclic amines) is 1. The highest BCUT2D eigenvalue weighted by Gasteiger charge is 2.35. The lowest BCUT2D eigenvalue weighted by Gasteiger charge is -2.22. The van der Waals surface area contributed by atoms with Crippen LogP contribution in [0.2, 0.25) is 0 Å². The minimum Gasteiger partial charge on any atom is -0.481 e. The van der Waals surface area contributed by atoms with E-state index in [1.807, 2.05) is 4.90 Å². The Kier molecular flexibility index (Phi) is 3.69. The summed E-state index contributed by atoms with van der Waals surface area (Å²) in [5.41, 5.74) is 0. The highest BCUT2D eigenvalue weighted by atomic mass is 32.2. The number of nitrogens with zero attached hydrogens (tertiary/aromatic N) is 1. The van der Waals surface area contributed by atoms with Crippen LogP contribution in [0.3, 0.4) is 0 Å². The summed E-state index contributed by atoms with van der Waals surface area (Å²) in [6.45, 7) is 2.73. The zero-order valence-corrected chi connectivity index (χ0v) is 9.40. The standard InChI is InChI=1S/C8H16N2O4S/c1-6-7(8(11)12)2-3-10(6)4-5-15(9,13)14/h6-7H,2-5H2,1H3,(H,11,12)(H2,9,13,14). The van der Waals surface area contributed by atoms with Crippen LogP contribution in [0.25, 0.3) is 0 Å². The number of hydrogen-bond donors (Lipinski definition) is 2. The Hall–Kier alpha value is -0.660. The maximum atomic E-state index is 10.8. The lowest BCUT2D eigenvalue weighted by atomic mass is 10.0. The van der Waals surface area contributed by atoms with E-state index in [4.69, 9.17) is 10.2 Å². The van der Waals surface area contributed by atoms with Crippen LogP contribution in [0.15, 0.2) is 0 Å². The summed E-state index contributed by atoms with van der Waals surface area (Å²) >= 11 is 0. The first-order valence-corrected chi connectivity index (χ1v) is 6.50. The molecule has 0 saturated carbocycles. The number of primary sulfonamides is 1. The summed E-state index contributed by atoms with van der Waals surface area (Å²) in [4.78, 5) is 12.6. The summed E-state index contributed by atoms with van der Waals surface area (Å²) in [5, 5.41) is 13.7. The first-order valence-electron chi connectivity index (χ1n) is 4.78. The van der Waals surface area contributed by atoms with Crippen LogP contribution >= 0.6 is 0 Å². The molecule has 0 aromatic heterocycles. The van der Waals surface area contributed by atoms with Crippen molar-refractivity contribution in [1.82, 2.24) is 4.90 Å². The number of carboxylic acids is 1. The Balaban J connectivity index is 2.50. The van der Waals surface area contributed by atoms with Gasteiger partial charge in [-0.05, 0) is 19.9 Å². The molecule has 0 radical (unpaired) electrons. The topological polar surface area (TPSA) is 101 Å². The van der Waals surface area contributed by atoms with Crippen molar-refractivity contribution < 1.29 is 18.3 Å². The second kappa shape index (κ2) is 4.46. The second-order valence-electron chi connectivity index (χ2n) is 3.88. The molecule has 2 unspecified atom stereocenters. The highest BCUT2D eigenvalue weighted by molar-refractivity contribution is 7.89. The number of sulfonamides is 1. The minimum atomic E-state index is -3.46. The van der Waals surface area contributed by atoms with Crippen molar-refractivity contribution in [3.8, 4) is 0 Å². The number of rotatable bonds is 4. The van der Waals surface area contributed by atoms with Crippen molar-refractivity contribution in [3.63, 3.8) is 0 Å². The van der Waals surface area contributed by atoms with Crippen LogP contribution in [0, 0.1) is 5.92 Å². The van der Waals surface area contributed by atoms with Gasteiger partial charge in [0, 0.05) is 12.6 Å². The normalized spacial score (nSPS) is 28.1. The van der Waals surface area contributed by atoms with E-state index in [9.17, 15) is 13.2 Å². The van der Waals surface area contributed by atoms with Gasteiger partial charge in [-0.1, -0.05) is 0 Å². The zero-order chi connectivity index (χ0) is 11.6. The van der Waals surface area contributed by atoms with E-state index in [1.54, 1.807) is 6.92 Å². The monoisotopic (exact) mass is 236 g/mol. The molecule has 0 amide bonds. The summed E-state index contributed by atoms with van der Waals surface area (Å²) in [5.74, 6) is -1.34. The Morgan fingerprint density at radius 1 is 1.60 bits per heavy atom. The molecule has 2 atom stereocenters. The molecule has 7 heteroatoms. The molecule has 0 aromatic carbocycles. The van der Waals surface area contributed by atoms with Crippen LogP contribution in [-0.4, -0.2) is 49.3 Å². The number of carbonyl (C=O) groups is 1. The predicted molar refractivity (Wildman–Crippen MR) is 54.8 cm³/mol. The third-order valence-corrected chi connectivity index (χ3v) is 3.62. The van der Waals surface area contributed by atoms with E-state index in [0.29, 0.717) is 19.5 Å². The van der Waals surface area contributed by atoms with Gasteiger partial charge in [-0.25, -0.2) is 13.6 Å². The lowest BCUT2D eigenvalue weighted by molar-refractivity contribution is -0.142. The molecule has 1 aliphatic rings. The summed E-state index contributed by atoms with van der Waals surface area (Å²) in [6.07, 6.45) is 0.571. The fourth-order valence-electron chi connectivity index (χ4n) is 1.89. The lowest BCUT2D eigenvalue weighted by Crippen LogP contribution is -2.37. The maximum absolute atomic E-state index is 10.8. The van der Waals surface area contributed by atoms with Crippen molar-refractivity contribution in [1.29, 1.82) is 0 Å². The van der Waals surface area contributed by atoms with Gasteiger partial charge in [0.05, 0.1) is 11.7 Å². The highest BCUT2D eigenvalue weighted by Crippen LogP contribution is 2.23. The summed E-state index contributed by atoms with van der Waals surface area (Å²) < 4.78 is 21.5. The van der Waals surface area contributed by atoms with E-state index in [2.05, 4.69) is 0 Å². The molecule has 1 fully saturated rings. The summed E-state index contributed by atoms with van der Waals surface area (Å²) in [7, 11) is -3.46. The number of hydrogen-bond acceptors (Lipinski definition) is 4. The van der Waals surface area contributed by atoms with Crippen molar-refractivity contribution in [3.05, 3.63) is 0 Å². The van der Waals surface area contributed by atoms with E-state index in [-0.39, 0.29) is 11.8 Å². The minimum absolute atomic E-state index is 0.121. The van der Waals surface area contributed by atoms with Gasteiger partial charge < -0.3 is 5.11 Å². The molecule has 6 nitrogen and oxygen atoms in total. The van der Waals surface area contributed by atoms with Crippen LogP contribution in [0.4, 0.5) is 0 Å². The van der Waals surface area contributed by atoms with Gasteiger partial charge in [-0.15, -0.1) is 0 Å². The number of aliphatic carboxylic acids is 1. The largest absolute Gasteiger partial charge is 0.481 e. The fraction of sp³-hybridized carbons (Fsp3) is 0.875. The number of carboxylic acid groups (broad SMARTS) is 1. The average Bonchev–Trinajstić information content (AvgIpc) is 2.42. The van der Waals surface area contributed by atoms with Gasteiger partial charge in [0.25, 0.3) is 0 Å². The summed E-state index contributed by atoms with van der Waals surface area (Å²) in [6, 6.07) is -0.121. The fourth-order valence-corrected chi connectivity index (χ4v) is 2.38. The molecule has 88 valence electrons.